The molecule has 0 aliphatic rings. The van der Waals surface area contributed by atoms with Crippen molar-refractivity contribution in [1.82, 2.24) is 5.32 Å². The highest BCUT2D eigenvalue weighted by atomic mass is 16.6. The second kappa shape index (κ2) is 9.81. The van der Waals surface area contributed by atoms with E-state index < -0.39 is 17.5 Å². The van der Waals surface area contributed by atoms with Crippen molar-refractivity contribution in [3.05, 3.63) is 12.7 Å². The first-order chi connectivity index (χ1) is 10.2. The average Bonchev–Trinajstić information content (AvgIpc) is 2.47. The van der Waals surface area contributed by atoms with Crippen molar-refractivity contribution >= 4 is 18.0 Å². The maximum atomic E-state index is 11.8. The van der Waals surface area contributed by atoms with Crippen LogP contribution in [-0.4, -0.2) is 44.4 Å². The second-order valence-electron chi connectivity index (χ2n) is 5.45. The number of rotatable bonds is 9. The van der Waals surface area contributed by atoms with Crippen molar-refractivity contribution < 1.29 is 28.6 Å². The Morgan fingerprint density at radius 2 is 1.68 bits per heavy atom. The Balaban J connectivity index is 3.75. The molecule has 126 valence electrons. The van der Waals surface area contributed by atoms with Crippen LogP contribution in [0.3, 0.4) is 0 Å². The molecule has 0 aromatic rings. The summed E-state index contributed by atoms with van der Waals surface area (Å²) < 4.78 is 14.5. The third-order valence-electron chi connectivity index (χ3n) is 3.30. The molecule has 0 saturated heterocycles. The van der Waals surface area contributed by atoms with Crippen LogP contribution < -0.4 is 5.32 Å². The van der Waals surface area contributed by atoms with E-state index in [0.29, 0.717) is 0 Å². The molecule has 0 fully saturated rings. The largest absolute Gasteiger partial charge is 0.462 e. The van der Waals surface area contributed by atoms with Crippen LogP contribution in [0.15, 0.2) is 12.7 Å². The minimum absolute atomic E-state index is 0.00610. The van der Waals surface area contributed by atoms with Gasteiger partial charge in [0.25, 0.3) is 0 Å². The summed E-state index contributed by atoms with van der Waals surface area (Å²) in [7, 11) is 0. The zero-order chi connectivity index (χ0) is 17.2. The lowest BCUT2D eigenvalue weighted by Crippen LogP contribution is -2.33. The fourth-order valence-corrected chi connectivity index (χ4v) is 1.11. The van der Waals surface area contributed by atoms with Crippen LogP contribution in [0, 0.1) is 11.3 Å². The summed E-state index contributed by atoms with van der Waals surface area (Å²) in [5, 5.41) is 2.39. The number of alkyl carbamates (subject to hydrolysis) is 1. The number of carbonyl (C=O) groups excluding carboxylic acids is 3. The predicted molar refractivity (Wildman–Crippen MR) is 80.1 cm³/mol. The van der Waals surface area contributed by atoms with Crippen LogP contribution in [0.4, 0.5) is 4.79 Å². The SMILES string of the molecule is C=CC(=O)OCCNC(=O)OCCOC(=O)C(C)(C)C(C)C. The fourth-order valence-electron chi connectivity index (χ4n) is 1.11. The van der Waals surface area contributed by atoms with Crippen molar-refractivity contribution in [2.45, 2.75) is 27.7 Å². The van der Waals surface area contributed by atoms with Crippen molar-refractivity contribution in [3.63, 3.8) is 0 Å². The van der Waals surface area contributed by atoms with E-state index in [0.717, 1.165) is 6.08 Å². The first-order valence-electron chi connectivity index (χ1n) is 7.08. The Morgan fingerprint density at radius 1 is 1.09 bits per heavy atom. The van der Waals surface area contributed by atoms with Crippen LogP contribution in [-0.2, 0) is 23.8 Å². The summed E-state index contributed by atoms with van der Waals surface area (Å²) in [6.45, 7) is 10.8. The standard InChI is InChI=1S/C15H25NO6/c1-6-12(17)20-8-7-16-14(19)22-10-9-21-13(18)15(4,5)11(2)3/h6,11H,1,7-10H2,2-5H3,(H,16,19). The number of ether oxygens (including phenoxy) is 3. The van der Waals surface area contributed by atoms with Gasteiger partial charge in [0.05, 0.1) is 12.0 Å². The molecule has 7 heteroatoms. The molecular weight excluding hydrogens is 290 g/mol. The molecule has 0 saturated carbocycles. The van der Waals surface area contributed by atoms with Crippen molar-refractivity contribution in [2.24, 2.45) is 11.3 Å². The number of nitrogens with one attached hydrogen (secondary N) is 1. The molecule has 0 aromatic carbocycles. The highest BCUT2D eigenvalue weighted by molar-refractivity contribution is 5.81. The average molecular weight is 315 g/mol. The fraction of sp³-hybridized carbons (Fsp3) is 0.667. The zero-order valence-corrected chi connectivity index (χ0v) is 13.6. The number of hydrogen-bond donors (Lipinski definition) is 1. The molecule has 0 unspecified atom stereocenters. The molecule has 7 nitrogen and oxygen atoms in total. The highest BCUT2D eigenvalue weighted by Gasteiger charge is 2.32. The molecule has 22 heavy (non-hydrogen) atoms. The molecule has 0 heterocycles. The Morgan fingerprint density at radius 3 is 2.23 bits per heavy atom. The van der Waals surface area contributed by atoms with E-state index in [2.05, 4.69) is 16.6 Å². The second-order valence-corrected chi connectivity index (χ2v) is 5.45. The van der Waals surface area contributed by atoms with Gasteiger partial charge in [-0.1, -0.05) is 20.4 Å². The molecule has 0 atom stereocenters. The summed E-state index contributed by atoms with van der Waals surface area (Å²) in [6.07, 6.45) is 0.361. The highest BCUT2D eigenvalue weighted by Crippen LogP contribution is 2.27. The van der Waals surface area contributed by atoms with Crippen molar-refractivity contribution in [3.8, 4) is 0 Å². The molecule has 0 aromatic heterocycles. The predicted octanol–water partition coefficient (Wildman–Crippen LogP) is 1.67. The van der Waals surface area contributed by atoms with Crippen LogP contribution in [0.1, 0.15) is 27.7 Å². The van der Waals surface area contributed by atoms with E-state index in [4.69, 9.17) is 9.47 Å². The maximum Gasteiger partial charge on any atom is 0.407 e. The quantitative estimate of drug-likeness (QED) is 0.301. The van der Waals surface area contributed by atoms with Gasteiger partial charge in [-0.25, -0.2) is 9.59 Å². The Hall–Kier alpha value is -2.05. The topological polar surface area (TPSA) is 90.9 Å². The van der Waals surface area contributed by atoms with Gasteiger partial charge < -0.3 is 19.5 Å². The molecule has 0 aliphatic heterocycles. The number of carbonyl (C=O) groups is 3. The van der Waals surface area contributed by atoms with Gasteiger partial charge in [-0.15, -0.1) is 0 Å². The smallest absolute Gasteiger partial charge is 0.407 e. The minimum Gasteiger partial charge on any atom is -0.462 e. The Kier molecular flexibility index (Phi) is 8.89. The molecule has 0 aliphatic carbocycles. The van der Waals surface area contributed by atoms with Crippen LogP contribution in [0.5, 0.6) is 0 Å². The van der Waals surface area contributed by atoms with Crippen molar-refractivity contribution in [2.75, 3.05) is 26.4 Å². The van der Waals surface area contributed by atoms with Gasteiger partial charge >= 0.3 is 18.0 Å². The normalized spacial score (nSPS) is 10.8. The lowest BCUT2D eigenvalue weighted by molar-refractivity contribution is -0.157. The maximum absolute atomic E-state index is 11.8. The van der Waals surface area contributed by atoms with Gasteiger partial charge in [0, 0.05) is 6.08 Å². The van der Waals surface area contributed by atoms with Gasteiger partial charge in [0.2, 0.25) is 0 Å². The summed E-state index contributed by atoms with van der Waals surface area (Å²) in [5.41, 5.74) is -0.586. The zero-order valence-electron chi connectivity index (χ0n) is 13.6. The van der Waals surface area contributed by atoms with E-state index in [-0.39, 0.29) is 38.3 Å². The Bertz CT molecular complexity index is 403. The molecular formula is C15H25NO6. The first-order valence-corrected chi connectivity index (χ1v) is 7.08. The van der Waals surface area contributed by atoms with Gasteiger partial charge in [0.1, 0.15) is 19.8 Å². The van der Waals surface area contributed by atoms with Gasteiger partial charge in [-0.05, 0) is 19.8 Å². The third-order valence-corrected chi connectivity index (χ3v) is 3.30. The van der Waals surface area contributed by atoms with E-state index in [1.165, 1.54) is 0 Å². The molecule has 0 radical (unpaired) electrons. The summed E-state index contributed by atoms with van der Waals surface area (Å²) in [4.78, 5) is 33.8. The third kappa shape index (κ3) is 7.66. The van der Waals surface area contributed by atoms with Gasteiger partial charge in [-0.2, -0.15) is 0 Å². The molecule has 0 rings (SSSR count). The van der Waals surface area contributed by atoms with E-state index in [9.17, 15) is 14.4 Å². The lowest BCUT2D eigenvalue weighted by Gasteiger charge is -2.26. The molecule has 1 amide bonds. The first kappa shape index (κ1) is 19.9. The number of esters is 2. The summed E-state index contributed by atoms with van der Waals surface area (Å²) >= 11 is 0. The van der Waals surface area contributed by atoms with Crippen LogP contribution >= 0.6 is 0 Å². The lowest BCUT2D eigenvalue weighted by atomic mass is 9.81. The number of amides is 1. The van der Waals surface area contributed by atoms with Gasteiger partial charge in [0.15, 0.2) is 0 Å². The molecule has 0 bridgehead atoms. The van der Waals surface area contributed by atoms with Gasteiger partial charge in [-0.3, -0.25) is 4.79 Å². The molecule has 1 N–H and O–H groups in total. The van der Waals surface area contributed by atoms with Crippen LogP contribution in [0.25, 0.3) is 0 Å². The van der Waals surface area contributed by atoms with E-state index >= 15 is 0 Å². The monoisotopic (exact) mass is 315 g/mol. The Labute approximate surface area is 131 Å². The van der Waals surface area contributed by atoms with E-state index in [1.807, 2.05) is 13.8 Å². The summed E-state index contributed by atoms with van der Waals surface area (Å²) in [5.74, 6) is -0.750. The molecule has 0 spiro atoms. The minimum atomic E-state index is -0.672. The van der Waals surface area contributed by atoms with Crippen molar-refractivity contribution in [1.29, 1.82) is 0 Å². The number of hydrogen-bond acceptors (Lipinski definition) is 6. The van der Waals surface area contributed by atoms with Crippen LogP contribution in [0.2, 0.25) is 0 Å². The van der Waals surface area contributed by atoms with E-state index in [1.54, 1.807) is 13.8 Å². The summed E-state index contributed by atoms with van der Waals surface area (Å²) in [6, 6.07) is 0.